The highest BCUT2D eigenvalue weighted by Gasteiger charge is 2.72. The molecular formula is C28H20BrCl2N3O4. The van der Waals surface area contributed by atoms with Crippen LogP contribution in [-0.2, 0) is 24.1 Å². The molecule has 4 amide bonds. The van der Waals surface area contributed by atoms with Gasteiger partial charge in [-0.15, -0.1) is 23.2 Å². The number of likely N-dealkylation sites (tertiary alicyclic amines) is 1. The minimum absolute atomic E-state index is 0.169. The molecule has 10 heteroatoms. The lowest BCUT2D eigenvalue weighted by molar-refractivity contribution is -0.140. The van der Waals surface area contributed by atoms with Crippen LogP contribution in [0.2, 0.25) is 0 Å². The molecule has 7 rings (SSSR count). The van der Waals surface area contributed by atoms with E-state index < -0.39 is 45.2 Å². The lowest BCUT2D eigenvalue weighted by atomic mass is 9.54. The molecule has 0 unspecified atom stereocenters. The van der Waals surface area contributed by atoms with Crippen LogP contribution in [0.4, 0.5) is 0 Å². The highest BCUT2D eigenvalue weighted by Crippen LogP contribution is 2.69. The number of imide groups is 1. The van der Waals surface area contributed by atoms with Gasteiger partial charge in [-0.05, 0) is 46.5 Å². The molecule has 1 heterocycles. The molecule has 192 valence electrons. The average molecular weight is 613 g/mol. The third-order valence-electron chi connectivity index (χ3n) is 7.66. The van der Waals surface area contributed by atoms with Crippen LogP contribution in [0.5, 0.6) is 0 Å². The van der Waals surface area contributed by atoms with E-state index >= 15 is 0 Å². The van der Waals surface area contributed by atoms with Crippen LogP contribution in [0.3, 0.4) is 0 Å². The van der Waals surface area contributed by atoms with Crippen molar-refractivity contribution in [2.75, 3.05) is 6.54 Å². The van der Waals surface area contributed by atoms with Gasteiger partial charge >= 0.3 is 0 Å². The van der Waals surface area contributed by atoms with Crippen LogP contribution < -0.4 is 10.9 Å². The third kappa shape index (κ3) is 3.40. The summed E-state index contributed by atoms with van der Waals surface area (Å²) in [5.41, 5.74) is 7.90. The maximum atomic E-state index is 13.8. The van der Waals surface area contributed by atoms with Crippen LogP contribution in [0.15, 0.2) is 77.3 Å². The van der Waals surface area contributed by atoms with Crippen molar-refractivity contribution in [1.29, 1.82) is 0 Å². The van der Waals surface area contributed by atoms with Crippen LogP contribution in [0.25, 0.3) is 0 Å². The highest BCUT2D eigenvalue weighted by molar-refractivity contribution is 9.10. The van der Waals surface area contributed by atoms with Crippen molar-refractivity contribution >= 4 is 62.8 Å². The summed E-state index contributed by atoms with van der Waals surface area (Å²) in [7, 11) is 0. The molecule has 2 N–H and O–H groups in total. The number of nitrogens with zero attached hydrogens (tertiary/aromatic N) is 1. The number of halogens is 3. The number of benzene rings is 3. The Bertz CT molecular complexity index is 1400. The van der Waals surface area contributed by atoms with Crippen molar-refractivity contribution in [3.8, 4) is 0 Å². The highest BCUT2D eigenvalue weighted by atomic mass is 79.9. The molecule has 1 aliphatic heterocycles. The number of hydrogen-bond donors (Lipinski definition) is 2. The van der Waals surface area contributed by atoms with E-state index in [1.165, 1.54) is 0 Å². The quantitative estimate of drug-likeness (QED) is 0.262. The van der Waals surface area contributed by atoms with Crippen molar-refractivity contribution in [2.45, 2.75) is 16.2 Å². The molecule has 4 aliphatic rings. The van der Waals surface area contributed by atoms with Gasteiger partial charge in [0, 0.05) is 23.0 Å². The van der Waals surface area contributed by atoms with E-state index in [1.807, 2.05) is 48.5 Å². The first kappa shape index (κ1) is 25.1. The van der Waals surface area contributed by atoms with Gasteiger partial charge < -0.3 is 0 Å². The summed E-state index contributed by atoms with van der Waals surface area (Å²) >= 11 is 18.0. The van der Waals surface area contributed by atoms with Gasteiger partial charge in [0.05, 0.1) is 11.8 Å². The molecule has 0 spiro atoms. The van der Waals surface area contributed by atoms with Crippen LogP contribution >= 0.6 is 39.1 Å². The second-order valence-corrected chi connectivity index (χ2v) is 11.7. The monoisotopic (exact) mass is 611 g/mol. The summed E-state index contributed by atoms with van der Waals surface area (Å²) in [6.45, 7) is -0.169. The van der Waals surface area contributed by atoms with E-state index in [1.54, 1.807) is 24.3 Å². The molecule has 0 saturated carbocycles. The minimum atomic E-state index is -1.27. The zero-order chi connectivity index (χ0) is 26.8. The summed E-state index contributed by atoms with van der Waals surface area (Å²) in [6, 6.07) is 21.4. The van der Waals surface area contributed by atoms with Crippen molar-refractivity contribution in [1.82, 2.24) is 15.8 Å². The Labute approximate surface area is 236 Å². The van der Waals surface area contributed by atoms with E-state index in [9.17, 15) is 19.2 Å². The van der Waals surface area contributed by atoms with Crippen molar-refractivity contribution in [3.63, 3.8) is 0 Å². The maximum Gasteiger partial charge on any atom is 0.269 e. The van der Waals surface area contributed by atoms with Crippen LogP contribution in [0, 0.1) is 11.8 Å². The minimum Gasteiger partial charge on any atom is -0.281 e. The predicted octanol–water partition coefficient (Wildman–Crippen LogP) is 4.19. The summed E-state index contributed by atoms with van der Waals surface area (Å²) < 4.78 is 0.815. The lowest BCUT2D eigenvalue weighted by Crippen LogP contribution is -2.57. The van der Waals surface area contributed by atoms with Gasteiger partial charge in [-0.1, -0.05) is 64.5 Å². The van der Waals surface area contributed by atoms with E-state index in [4.69, 9.17) is 23.2 Å². The molecule has 2 bridgehead atoms. The Balaban J connectivity index is 1.23. The van der Waals surface area contributed by atoms with E-state index in [0.717, 1.165) is 9.37 Å². The fraction of sp³-hybridized carbons (Fsp3) is 0.214. The normalized spacial score (nSPS) is 26.4. The first-order valence-corrected chi connectivity index (χ1v) is 13.5. The van der Waals surface area contributed by atoms with Crippen LogP contribution in [0.1, 0.15) is 39.0 Å². The molecule has 3 aromatic carbocycles. The standard InChI is InChI=1S/C28H20BrCl2N3O4/c29-16-11-9-15(10-12-16)24(36)33-32-21(35)13-14-34-25(37)22-23(26(34)38)28(31)18-6-2-1-5-17(18)27(22,30)19-7-3-4-8-20(19)28/h1-12,22-23H,13-14H2,(H,32,35)(H,33,36)/t22-,23-,27?,28?/m1/s1. The summed E-state index contributed by atoms with van der Waals surface area (Å²) in [5, 5.41) is 0. The summed E-state index contributed by atoms with van der Waals surface area (Å²) in [4.78, 5) is 50.8. The van der Waals surface area contributed by atoms with Gasteiger partial charge in [0.25, 0.3) is 5.91 Å². The van der Waals surface area contributed by atoms with Gasteiger partial charge in [0.2, 0.25) is 17.7 Å². The zero-order valence-electron chi connectivity index (χ0n) is 19.7. The van der Waals surface area contributed by atoms with Gasteiger partial charge in [-0.2, -0.15) is 0 Å². The zero-order valence-corrected chi connectivity index (χ0v) is 22.8. The number of hydrogen-bond acceptors (Lipinski definition) is 4. The van der Waals surface area contributed by atoms with Crippen molar-refractivity contribution < 1.29 is 19.2 Å². The molecule has 0 radical (unpaired) electrons. The molecular weight excluding hydrogens is 593 g/mol. The number of hydrazine groups is 1. The Morgan fingerprint density at radius 1 is 0.763 bits per heavy atom. The number of carbonyl (C=O) groups is 4. The third-order valence-corrected chi connectivity index (χ3v) is 9.47. The SMILES string of the molecule is O=C(CCN1C(=O)[C@H]2[C@H](C1=O)C1(Cl)c3ccccc3C2(Cl)c2ccccc21)NNC(=O)c1ccc(Br)cc1. The second kappa shape index (κ2) is 8.93. The Morgan fingerprint density at radius 3 is 1.66 bits per heavy atom. The molecule has 7 nitrogen and oxygen atoms in total. The van der Waals surface area contributed by atoms with Crippen molar-refractivity contribution in [3.05, 3.63) is 105 Å². The predicted molar refractivity (Wildman–Crippen MR) is 144 cm³/mol. The lowest BCUT2D eigenvalue weighted by Gasteiger charge is -2.54. The smallest absolute Gasteiger partial charge is 0.269 e. The molecule has 1 saturated heterocycles. The molecule has 0 aromatic heterocycles. The van der Waals surface area contributed by atoms with Crippen molar-refractivity contribution in [2.24, 2.45) is 11.8 Å². The van der Waals surface area contributed by atoms with E-state index in [0.29, 0.717) is 27.8 Å². The van der Waals surface area contributed by atoms with Gasteiger partial charge in [0.15, 0.2) is 0 Å². The first-order chi connectivity index (χ1) is 18.2. The topological polar surface area (TPSA) is 95.6 Å². The molecule has 2 atom stereocenters. The fourth-order valence-electron chi connectivity index (χ4n) is 6.02. The second-order valence-electron chi connectivity index (χ2n) is 9.56. The number of amides is 4. The first-order valence-electron chi connectivity index (χ1n) is 12.0. The molecule has 1 fully saturated rings. The average Bonchev–Trinajstić information content (AvgIpc) is 3.19. The molecule has 3 aliphatic carbocycles. The number of carbonyl (C=O) groups excluding carboxylic acids is 4. The molecule has 38 heavy (non-hydrogen) atoms. The van der Waals surface area contributed by atoms with E-state index in [2.05, 4.69) is 26.8 Å². The van der Waals surface area contributed by atoms with Gasteiger partial charge in [0.1, 0.15) is 9.75 Å². The van der Waals surface area contributed by atoms with Gasteiger partial charge in [-0.3, -0.25) is 34.9 Å². The van der Waals surface area contributed by atoms with Crippen LogP contribution in [-0.4, -0.2) is 35.1 Å². The number of alkyl halides is 2. The largest absolute Gasteiger partial charge is 0.281 e. The summed E-state index contributed by atoms with van der Waals surface area (Å²) in [5.74, 6) is -3.81. The maximum absolute atomic E-state index is 13.8. The number of nitrogens with one attached hydrogen (secondary N) is 2. The number of rotatable bonds is 4. The molecule has 3 aromatic rings. The Kier molecular flexibility index (Phi) is 5.90. The Hall–Kier alpha value is -3.20. The summed E-state index contributed by atoms with van der Waals surface area (Å²) in [6.07, 6.45) is -0.206. The fourth-order valence-corrected chi connectivity index (χ4v) is 7.38. The Morgan fingerprint density at radius 2 is 1.21 bits per heavy atom. The van der Waals surface area contributed by atoms with Gasteiger partial charge in [-0.25, -0.2) is 0 Å². The van der Waals surface area contributed by atoms with E-state index in [-0.39, 0.29) is 13.0 Å².